The van der Waals surface area contributed by atoms with E-state index in [9.17, 15) is 8.42 Å². The van der Waals surface area contributed by atoms with Gasteiger partial charge in [0.15, 0.2) is 0 Å². The second-order valence-electron chi connectivity index (χ2n) is 4.83. The van der Waals surface area contributed by atoms with Gasteiger partial charge in [0.25, 0.3) is 10.2 Å². The summed E-state index contributed by atoms with van der Waals surface area (Å²) in [5.41, 5.74) is 0. The van der Waals surface area contributed by atoms with Crippen LogP contribution in [-0.2, 0) is 10.2 Å². The number of piperazine rings is 1. The average molecular weight is 304 g/mol. The normalized spacial score (nSPS) is 20.5. The van der Waals surface area contributed by atoms with Crippen molar-refractivity contribution in [3.05, 3.63) is 16.6 Å². The van der Waals surface area contributed by atoms with Crippen LogP contribution < -0.4 is 4.72 Å². The topological polar surface area (TPSA) is 65.5 Å². The second-order valence-corrected chi connectivity index (χ2v) is 7.51. The molecule has 19 heavy (non-hydrogen) atoms. The minimum Gasteiger partial charge on any atom is -0.304 e. The molecule has 1 fully saturated rings. The Morgan fingerprint density at radius 1 is 1.42 bits per heavy atom. The molecule has 0 bridgehead atoms. The minimum absolute atomic E-state index is 0.0993. The number of rotatable bonds is 5. The summed E-state index contributed by atoms with van der Waals surface area (Å²) in [7, 11) is -1.36. The maximum absolute atomic E-state index is 12.1. The second kappa shape index (κ2) is 6.27. The van der Waals surface area contributed by atoms with E-state index in [1.807, 2.05) is 19.4 Å². The van der Waals surface area contributed by atoms with Crippen LogP contribution in [0.2, 0.25) is 0 Å². The van der Waals surface area contributed by atoms with Crippen molar-refractivity contribution in [2.45, 2.75) is 12.8 Å². The highest BCUT2D eigenvalue weighted by molar-refractivity contribution is 7.87. The van der Waals surface area contributed by atoms with E-state index in [1.165, 1.54) is 4.31 Å². The van der Waals surface area contributed by atoms with Crippen molar-refractivity contribution in [3.8, 4) is 0 Å². The molecule has 0 radical (unpaired) electrons. The molecule has 1 N–H and O–H groups in total. The molecule has 1 unspecified atom stereocenters. The molecule has 1 atom stereocenters. The molecule has 6 nitrogen and oxygen atoms in total. The fourth-order valence-corrected chi connectivity index (χ4v) is 3.90. The van der Waals surface area contributed by atoms with Crippen LogP contribution in [0.5, 0.6) is 0 Å². The van der Waals surface area contributed by atoms with Gasteiger partial charge < -0.3 is 4.90 Å². The van der Waals surface area contributed by atoms with Crippen LogP contribution in [0.3, 0.4) is 0 Å². The van der Waals surface area contributed by atoms with Gasteiger partial charge in [-0.05, 0) is 7.05 Å². The number of hydrogen-bond donors (Lipinski definition) is 1. The summed E-state index contributed by atoms with van der Waals surface area (Å²) in [6, 6.07) is 0. The first-order valence-electron chi connectivity index (χ1n) is 6.31. The molecule has 0 amide bonds. The summed E-state index contributed by atoms with van der Waals surface area (Å²) in [5.74, 6) is 0.0993. The van der Waals surface area contributed by atoms with E-state index in [4.69, 9.17) is 0 Å². The molecule has 1 aromatic rings. The molecule has 0 spiro atoms. The lowest BCUT2D eigenvalue weighted by Gasteiger charge is -2.31. The Morgan fingerprint density at radius 2 is 2.11 bits per heavy atom. The lowest BCUT2D eigenvalue weighted by Crippen LogP contribution is -2.51. The van der Waals surface area contributed by atoms with Crippen LogP contribution >= 0.6 is 11.3 Å². The fourth-order valence-electron chi connectivity index (χ4n) is 1.92. The highest BCUT2D eigenvalue weighted by Crippen LogP contribution is 2.17. The Labute approximate surface area is 118 Å². The summed E-state index contributed by atoms with van der Waals surface area (Å²) in [4.78, 5) is 6.33. The van der Waals surface area contributed by atoms with Gasteiger partial charge >= 0.3 is 0 Å². The van der Waals surface area contributed by atoms with Gasteiger partial charge in [0.2, 0.25) is 0 Å². The van der Waals surface area contributed by atoms with Crippen LogP contribution in [0.1, 0.15) is 17.8 Å². The first kappa shape index (κ1) is 14.9. The van der Waals surface area contributed by atoms with E-state index in [0.29, 0.717) is 19.6 Å². The third-order valence-corrected chi connectivity index (χ3v) is 5.83. The highest BCUT2D eigenvalue weighted by atomic mass is 32.2. The maximum Gasteiger partial charge on any atom is 0.279 e. The molecule has 0 aliphatic carbocycles. The molecule has 0 saturated carbocycles. The van der Waals surface area contributed by atoms with E-state index >= 15 is 0 Å². The van der Waals surface area contributed by atoms with E-state index in [1.54, 1.807) is 17.5 Å². The van der Waals surface area contributed by atoms with Crippen molar-refractivity contribution in [2.75, 3.05) is 39.8 Å². The predicted octanol–water partition coefficient (Wildman–Crippen LogP) is 0.328. The van der Waals surface area contributed by atoms with Crippen molar-refractivity contribution in [2.24, 2.45) is 0 Å². The SMILES string of the molecule is CC(CNS(=O)(=O)N1CCN(C)CC1)c1nccs1. The number of aromatic nitrogens is 1. The molecular weight excluding hydrogens is 284 g/mol. The van der Waals surface area contributed by atoms with E-state index < -0.39 is 10.2 Å². The number of nitrogens with zero attached hydrogens (tertiary/aromatic N) is 3. The predicted molar refractivity (Wildman–Crippen MR) is 76.5 cm³/mol. The summed E-state index contributed by atoms with van der Waals surface area (Å²) in [5, 5.41) is 2.86. The van der Waals surface area contributed by atoms with Gasteiger partial charge in [-0.15, -0.1) is 11.3 Å². The van der Waals surface area contributed by atoms with Crippen molar-refractivity contribution in [3.63, 3.8) is 0 Å². The number of likely N-dealkylation sites (N-methyl/N-ethyl adjacent to an activating group) is 1. The number of thiazole rings is 1. The van der Waals surface area contributed by atoms with E-state index in [0.717, 1.165) is 18.1 Å². The van der Waals surface area contributed by atoms with E-state index in [-0.39, 0.29) is 5.92 Å². The number of nitrogens with one attached hydrogen (secondary N) is 1. The number of hydrogen-bond acceptors (Lipinski definition) is 5. The van der Waals surface area contributed by atoms with Crippen molar-refractivity contribution < 1.29 is 8.42 Å². The van der Waals surface area contributed by atoms with Crippen molar-refractivity contribution in [1.82, 2.24) is 18.9 Å². The molecule has 0 aromatic carbocycles. The Kier molecular flexibility index (Phi) is 4.91. The smallest absolute Gasteiger partial charge is 0.279 e. The summed E-state index contributed by atoms with van der Waals surface area (Å²) in [6.45, 7) is 5.04. The molecule has 2 rings (SSSR count). The lowest BCUT2D eigenvalue weighted by molar-refractivity contribution is 0.221. The fraction of sp³-hybridized carbons (Fsp3) is 0.727. The van der Waals surface area contributed by atoms with Gasteiger partial charge in [-0.3, -0.25) is 0 Å². The van der Waals surface area contributed by atoms with Crippen LogP contribution in [0.25, 0.3) is 0 Å². The molecule has 108 valence electrons. The average Bonchev–Trinajstić information content (AvgIpc) is 2.90. The van der Waals surface area contributed by atoms with Crippen molar-refractivity contribution in [1.29, 1.82) is 0 Å². The monoisotopic (exact) mass is 304 g/mol. The summed E-state index contributed by atoms with van der Waals surface area (Å²) >= 11 is 1.55. The quantitative estimate of drug-likeness (QED) is 0.851. The highest BCUT2D eigenvalue weighted by Gasteiger charge is 2.25. The molecule has 1 aliphatic heterocycles. The zero-order valence-corrected chi connectivity index (χ0v) is 12.9. The van der Waals surface area contributed by atoms with Crippen LogP contribution in [0.4, 0.5) is 0 Å². The molecule has 8 heteroatoms. The van der Waals surface area contributed by atoms with Gasteiger partial charge in [0.1, 0.15) is 0 Å². The lowest BCUT2D eigenvalue weighted by atomic mass is 10.2. The molecule has 1 aliphatic rings. The molecule has 1 saturated heterocycles. The van der Waals surface area contributed by atoms with Gasteiger partial charge in [0.05, 0.1) is 5.01 Å². The Bertz CT molecular complexity index is 481. The molecule has 1 aromatic heterocycles. The Hall–Kier alpha value is -0.540. The van der Waals surface area contributed by atoms with Gasteiger partial charge in [0, 0.05) is 50.2 Å². The first-order chi connectivity index (χ1) is 8.99. The van der Waals surface area contributed by atoms with Crippen LogP contribution in [0, 0.1) is 0 Å². The van der Waals surface area contributed by atoms with E-state index in [2.05, 4.69) is 14.6 Å². The van der Waals surface area contributed by atoms with Gasteiger partial charge in [-0.25, -0.2) is 9.71 Å². The standard InChI is InChI=1S/C11H20N4O2S2/c1-10(11-12-3-8-18-11)9-13-19(16,17)15-6-4-14(2)5-7-15/h3,8,10,13H,4-7,9H2,1-2H3. The van der Waals surface area contributed by atoms with Crippen LogP contribution in [-0.4, -0.2) is 62.4 Å². The first-order valence-corrected chi connectivity index (χ1v) is 8.63. The minimum atomic E-state index is -3.36. The summed E-state index contributed by atoms with van der Waals surface area (Å²) in [6.07, 6.45) is 1.74. The third-order valence-electron chi connectivity index (χ3n) is 3.25. The summed E-state index contributed by atoms with van der Waals surface area (Å²) < 4.78 is 28.5. The third kappa shape index (κ3) is 3.96. The van der Waals surface area contributed by atoms with Crippen molar-refractivity contribution >= 4 is 21.5 Å². The molecule has 2 heterocycles. The Balaban J connectivity index is 1.87. The maximum atomic E-state index is 12.1. The molecular formula is C11H20N4O2S2. The van der Waals surface area contributed by atoms with Crippen LogP contribution in [0.15, 0.2) is 11.6 Å². The van der Waals surface area contributed by atoms with Gasteiger partial charge in [-0.2, -0.15) is 12.7 Å². The zero-order valence-electron chi connectivity index (χ0n) is 11.2. The Morgan fingerprint density at radius 3 is 2.68 bits per heavy atom. The largest absolute Gasteiger partial charge is 0.304 e. The van der Waals surface area contributed by atoms with Gasteiger partial charge in [-0.1, -0.05) is 6.92 Å². The zero-order chi connectivity index (χ0) is 13.9.